The molecular weight excluding hydrogens is 564 g/mol. The van der Waals surface area contributed by atoms with E-state index >= 15 is 0 Å². The molecule has 0 aliphatic carbocycles. The fraction of sp³-hybridized carbons (Fsp3) is 0. The summed E-state index contributed by atoms with van der Waals surface area (Å²) in [5, 5.41) is 16.1. The van der Waals surface area contributed by atoms with Crippen LogP contribution in [0.4, 0.5) is 5.69 Å². The monoisotopic (exact) mass is 586 g/mol. The minimum absolute atomic E-state index is 0.532. The Morgan fingerprint density at radius 3 is 1.85 bits per heavy atom. The number of nitriles is 1. The minimum atomic E-state index is 0.532. The van der Waals surface area contributed by atoms with Gasteiger partial charge in [-0.2, -0.15) is 5.26 Å². The Kier molecular flexibility index (Phi) is 6.45. The van der Waals surface area contributed by atoms with Gasteiger partial charge in [-0.3, -0.25) is 19.9 Å². The van der Waals surface area contributed by atoms with Gasteiger partial charge in [-0.25, -0.2) is 4.85 Å². The molecule has 46 heavy (non-hydrogen) atoms. The van der Waals surface area contributed by atoms with Crippen LogP contribution < -0.4 is 0 Å². The molecule has 0 spiro atoms. The van der Waals surface area contributed by atoms with Gasteiger partial charge in [0.05, 0.1) is 41.0 Å². The molecule has 212 valence electrons. The number of nitrogens with zero attached hydrogens (tertiary/aromatic N) is 6. The predicted molar refractivity (Wildman–Crippen MR) is 183 cm³/mol. The molecule has 6 nitrogen and oxygen atoms in total. The summed E-state index contributed by atoms with van der Waals surface area (Å²) in [6, 6.07) is 38.5. The van der Waals surface area contributed by atoms with Crippen molar-refractivity contribution in [3.05, 3.63) is 151 Å². The van der Waals surface area contributed by atoms with Crippen LogP contribution in [0.1, 0.15) is 5.56 Å². The molecule has 0 N–H and O–H groups in total. The van der Waals surface area contributed by atoms with Crippen LogP contribution in [0.3, 0.4) is 0 Å². The minimum Gasteiger partial charge on any atom is -0.257 e. The van der Waals surface area contributed by atoms with Gasteiger partial charge in [-0.1, -0.05) is 72.8 Å². The number of pyridine rings is 4. The van der Waals surface area contributed by atoms with E-state index in [-0.39, 0.29) is 0 Å². The summed E-state index contributed by atoms with van der Waals surface area (Å²) in [7, 11) is 0. The van der Waals surface area contributed by atoms with Crippen LogP contribution >= 0.6 is 0 Å². The Labute approximate surface area is 264 Å². The molecule has 0 saturated heterocycles. The largest absolute Gasteiger partial charge is 0.257 e. The first-order valence-corrected chi connectivity index (χ1v) is 14.7. The summed E-state index contributed by atoms with van der Waals surface area (Å²) in [5.74, 6) is 0. The van der Waals surface area contributed by atoms with Gasteiger partial charge in [0.2, 0.25) is 0 Å². The maximum Gasteiger partial charge on any atom is 0.190 e. The lowest BCUT2D eigenvalue weighted by molar-refractivity contribution is 1.24. The van der Waals surface area contributed by atoms with Crippen LogP contribution in [-0.4, -0.2) is 19.9 Å². The topological polar surface area (TPSA) is 79.7 Å². The maximum atomic E-state index is 9.35. The molecule has 4 aromatic heterocycles. The third-order valence-electron chi connectivity index (χ3n) is 8.30. The Hall–Kier alpha value is -6.76. The number of hydrogen-bond donors (Lipinski definition) is 0. The van der Waals surface area contributed by atoms with Gasteiger partial charge in [0.1, 0.15) is 0 Å². The second-order valence-corrected chi connectivity index (χ2v) is 10.9. The van der Waals surface area contributed by atoms with E-state index in [0.717, 1.165) is 54.6 Å². The Morgan fingerprint density at radius 1 is 0.543 bits per heavy atom. The molecule has 8 aromatic rings. The van der Waals surface area contributed by atoms with Crippen molar-refractivity contribution in [3.8, 4) is 51.1 Å². The van der Waals surface area contributed by atoms with E-state index in [4.69, 9.17) is 16.5 Å². The Balaban J connectivity index is 1.37. The zero-order valence-corrected chi connectivity index (χ0v) is 24.4. The molecule has 0 saturated carbocycles. The van der Waals surface area contributed by atoms with Gasteiger partial charge < -0.3 is 0 Å². The third kappa shape index (κ3) is 4.50. The molecule has 0 unspecified atom stereocenters. The first-order chi connectivity index (χ1) is 22.7. The standard InChI is InChI=1S/C40H22N6/c1-42-29-17-19-44-37(21-29)35-15-12-28(24-46-35)39-32-9-5-4-8-31(32)38(33-13-10-26-6-2-3-7-30(26)40(33)39)27-11-14-34(45-23-27)36-20-25(22-41)16-18-43-36/h2-21,23-24H. The van der Waals surface area contributed by atoms with Gasteiger partial charge in [-0.05, 0) is 79.8 Å². The van der Waals surface area contributed by atoms with E-state index < -0.39 is 0 Å². The Bertz CT molecular complexity index is 2540. The molecule has 0 aliphatic rings. The van der Waals surface area contributed by atoms with Crippen molar-refractivity contribution in [3.63, 3.8) is 0 Å². The van der Waals surface area contributed by atoms with Gasteiger partial charge in [-0.15, -0.1) is 0 Å². The van der Waals surface area contributed by atoms with Gasteiger partial charge in [0, 0.05) is 35.9 Å². The highest BCUT2D eigenvalue weighted by Crippen LogP contribution is 2.46. The lowest BCUT2D eigenvalue weighted by Crippen LogP contribution is -1.94. The second kappa shape index (κ2) is 11.1. The van der Waals surface area contributed by atoms with Crippen molar-refractivity contribution in [1.82, 2.24) is 19.9 Å². The predicted octanol–water partition coefficient (Wildman–Crippen LogP) is 9.82. The first-order valence-electron chi connectivity index (χ1n) is 14.7. The molecule has 0 radical (unpaired) electrons. The molecule has 0 bridgehead atoms. The van der Waals surface area contributed by atoms with Crippen LogP contribution in [0, 0.1) is 17.9 Å². The molecule has 0 fully saturated rings. The summed E-state index contributed by atoms with van der Waals surface area (Å²) >= 11 is 0. The molecule has 0 aliphatic heterocycles. The SMILES string of the molecule is [C-]#[N+]c1ccnc(-c2ccc(-c3c4ccccc4c(-c4ccc(-c5cc(C#N)ccn5)nc4)c4ccc5ccccc5c34)cn2)c1. The number of hydrogen-bond acceptors (Lipinski definition) is 5. The normalized spacial score (nSPS) is 11.0. The van der Waals surface area contributed by atoms with E-state index in [9.17, 15) is 5.26 Å². The van der Waals surface area contributed by atoms with E-state index in [1.54, 1.807) is 36.7 Å². The van der Waals surface area contributed by atoms with E-state index in [1.807, 2.05) is 24.5 Å². The molecule has 8 rings (SSSR count). The van der Waals surface area contributed by atoms with Gasteiger partial charge in [0.15, 0.2) is 5.69 Å². The van der Waals surface area contributed by atoms with Crippen LogP contribution in [0.5, 0.6) is 0 Å². The van der Waals surface area contributed by atoms with Crippen LogP contribution in [0.25, 0.3) is 82.2 Å². The third-order valence-corrected chi connectivity index (χ3v) is 8.30. The summed E-state index contributed by atoms with van der Waals surface area (Å²) in [6.07, 6.45) is 7.08. The average molecular weight is 587 g/mol. The zero-order valence-electron chi connectivity index (χ0n) is 24.4. The number of aromatic nitrogens is 4. The maximum absolute atomic E-state index is 9.35. The van der Waals surface area contributed by atoms with Crippen molar-refractivity contribution >= 4 is 38.0 Å². The fourth-order valence-electron chi connectivity index (χ4n) is 6.21. The van der Waals surface area contributed by atoms with Gasteiger partial charge >= 0.3 is 0 Å². The van der Waals surface area contributed by atoms with E-state index in [1.165, 1.54) is 0 Å². The highest BCUT2D eigenvalue weighted by atomic mass is 14.8. The average Bonchev–Trinajstić information content (AvgIpc) is 3.14. The first kappa shape index (κ1) is 26.8. The highest BCUT2D eigenvalue weighted by Gasteiger charge is 2.19. The van der Waals surface area contributed by atoms with E-state index in [0.29, 0.717) is 34.0 Å². The van der Waals surface area contributed by atoms with Crippen LogP contribution in [0.15, 0.2) is 134 Å². The number of rotatable bonds is 4. The van der Waals surface area contributed by atoms with Crippen molar-refractivity contribution in [2.75, 3.05) is 0 Å². The number of fused-ring (bicyclic) bond motifs is 4. The smallest absolute Gasteiger partial charge is 0.190 e. The van der Waals surface area contributed by atoms with E-state index in [2.05, 4.69) is 93.7 Å². The molecule has 0 amide bonds. The lowest BCUT2D eigenvalue weighted by Gasteiger charge is -2.19. The second-order valence-electron chi connectivity index (χ2n) is 10.9. The molecule has 0 atom stereocenters. The van der Waals surface area contributed by atoms with Crippen molar-refractivity contribution in [1.29, 1.82) is 5.26 Å². The van der Waals surface area contributed by atoms with Crippen molar-refractivity contribution < 1.29 is 0 Å². The molecule has 6 heteroatoms. The summed E-state index contributed by atoms with van der Waals surface area (Å²) in [5.41, 5.74) is 8.01. The molecule has 4 heterocycles. The summed E-state index contributed by atoms with van der Waals surface area (Å²) in [4.78, 5) is 22.1. The molecule has 4 aromatic carbocycles. The Morgan fingerprint density at radius 2 is 1.17 bits per heavy atom. The van der Waals surface area contributed by atoms with Crippen molar-refractivity contribution in [2.45, 2.75) is 0 Å². The summed E-state index contributed by atoms with van der Waals surface area (Å²) < 4.78 is 0. The lowest BCUT2D eigenvalue weighted by atomic mass is 9.84. The van der Waals surface area contributed by atoms with Crippen LogP contribution in [-0.2, 0) is 0 Å². The molecular formula is C40H22N6. The zero-order chi connectivity index (χ0) is 31.0. The quantitative estimate of drug-likeness (QED) is 0.116. The van der Waals surface area contributed by atoms with Crippen LogP contribution in [0.2, 0.25) is 0 Å². The van der Waals surface area contributed by atoms with Gasteiger partial charge in [0.25, 0.3) is 0 Å². The fourth-order valence-corrected chi connectivity index (χ4v) is 6.21. The highest BCUT2D eigenvalue weighted by molar-refractivity contribution is 6.27. The summed E-state index contributed by atoms with van der Waals surface area (Å²) in [6.45, 7) is 7.37. The van der Waals surface area contributed by atoms with Crippen molar-refractivity contribution in [2.24, 2.45) is 0 Å². The number of benzene rings is 4.